The van der Waals surface area contributed by atoms with E-state index in [2.05, 4.69) is 5.32 Å². The number of amides is 1. The summed E-state index contributed by atoms with van der Waals surface area (Å²) in [6.45, 7) is 2.65. The molecular weight excluding hydrogens is 214 g/mol. The third-order valence-corrected chi connectivity index (χ3v) is 3.62. The third-order valence-electron chi connectivity index (χ3n) is 3.62. The minimum Gasteiger partial charge on any atom is -0.342 e. The second kappa shape index (κ2) is 5.08. The van der Waals surface area contributed by atoms with Crippen LogP contribution < -0.4 is 5.32 Å². The first kappa shape index (κ1) is 11.8. The summed E-state index contributed by atoms with van der Waals surface area (Å²) in [5.74, 6) is -0.286. The van der Waals surface area contributed by atoms with E-state index in [4.69, 9.17) is 0 Å². The van der Waals surface area contributed by atoms with Crippen LogP contribution in [0.1, 0.15) is 19.3 Å². The van der Waals surface area contributed by atoms with Gasteiger partial charge in [-0.3, -0.25) is 4.79 Å². The minimum absolute atomic E-state index is 0.0723. The van der Waals surface area contributed by atoms with Gasteiger partial charge in [-0.15, -0.1) is 0 Å². The lowest BCUT2D eigenvalue weighted by molar-refractivity contribution is -0.137. The van der Waals surface area contributed by atoms with Crippen molar-refractivity contribution in [2.45, 2.75) is 25.7 Å². The number of rotatable bonds is 2. The normalized spacial score (nSPS) is 27.7. The van der Waals surface area contributed by atoms with Crippen molar-refractivity contribution < 1.29 is 13.6 Å². The summed E-state index contributed by atoms with van der Waals surface area (Å²) in [6, 6.07) is 0. The van der Waals surface area contributed by atoms with E-state index in [1.54, 1.807) is 4.90 Å². The zero-order valence-corrected chi connectivity index (χ0v) is 9.29. The van der Waals surface area contributed by atoms with Crippen LogP contribution in [-0.2, 0) is 4.79 Å². The molecule has 2 saturated heterocycles. The van der Waals surface area contributed by atoms with Crippen molar-refractivity contribution >= 4 is 5.91 Å². The predicted octanol–water partition coefficient (Wildman–Crippen LogP) is 1.10. The first-order valence-corrected chi connectivity index (χ1v) is 5.96. The van der Waals surface area contributed by atoms with Crippen LogP contribution in [0.5, 0.6) is 0 Å². The van der Waals surface area contributed by atoms with E-state index in [1.165, 1.54) is 0 Å². The zero-order chi connectivity index (χ0) is 11.5. The fraction of sp³-hybridized carbons (Fsp3) is 0.909. The number of hydrogen-bond acceptors (Lipinski definition) is 2. The molecule has 2 rings (SSSR count). The Hall–Kier alpha value is -0.710. The molecular formula is C11H18F2N2O. The lowest BCUT2D eigenvalue weighted by atomic mass is 9.96. The Morgan fingerprint density at radius 2 is 1.94 bits per heavy atom. The van der Waals surface area contributed by atoms with E-state index in [0.717, 1.165) is 19.5 Å². The van der Waals surface area contributed by atoms with E-state index < -0.39 is 12.3 Å². The summed E-state index contributed by atoms with van der Waals surface area (Å²) in [5, 5.41) is 3.15. The van der Waals surface area contributed by atoms with Crippen LogP contribution in [0.3, 0.4) is 0 Å². The van der Waals surface area contributed by atoms with Gasteiger partial charge in [-0.1, -0.05) is 0 Å². The molecule has 2 heterocycles. The maximum absolute atomic E-state index is 12.4. The van der Waals surface area contributed by atoms with Crippen molar-refractivity contribution in [1.82, 2.24) is 10.2 Å². The molecule has 0 spiro atoms. The molecule has 0 saturated carbocycles. The first-order chi connectivity index (χ1) is 7.68. The number of nitrogens with one attached hydrogen (secondary N) is 1. The van der Waals surface area contributed by atoms with Crippen LogP contribution >= 0.6 is 0 Å². The Labute approximate surface area is 94.2 Å². The number of carbonyl (C=O) groups is 1. The standard InChI is InChI=1S/C11H18F2N2O/c12-10(13)8-2-5-15(6-3-8)11(16)9-1-4-14-7-9/h8-10,14H,1-7H2/t9-/m0/s1. The van der Waals surface area contributed by atoms with Gasteiger partial charge in [0.1, 0.15) is 0 Å². The molecule has 0 bridgehead atoms. The highest BCUT2D eigenvalue weighted by atomic mass is 19.3. The van der Waals surface area contributed by atoms with Crippen LogP contribution in [-0.4, -0.2) is 43.4 Å². The molecule has 16 heavy (non-hydrogen) atoms. The summed E-state index contributed by atoms with van der Waals surface area (Å²) in [6.07, 6.45) is -0.453. The van der Waals surface area contributed by atoms with Gasteiger partial charge < -0.3 is 10.2 Å². The van der Waals surface area contributed by atoms with Gasteiger partial charge in [-0.2, -0.15) is 0 Å². The van der Waals surface area contributed by atoms with E-state index in [0.29, 0.717) is 25.9 Å². The second-order valence-corrected chi connectivity index (χ2v) is 4.69. The first-order valence-electron chi connectivity index (χ1n) is 5.96. The van der Waals surface area contributed by atoms with Crippen LogP contribution in [0.2, 0.25) is 0 Å². The largest absolute Gasteiger partial charge is 0.342 e. The zero-order valence-electron chi connectivity index (χ0n) is 9.29. The summed E-state index contributed by atoms with van der Waals surface area (Å²) < 4.78 is 24.9. The molecule has 2 aliphatic heterocycles. The minimum atomic E-state index is -2.23. The van der Waals surface area contributed by atoms with Gasteiger partial charge >= 0.3 is 0 Å². The van der Waals surface area contributed by atoms with Crippen LogP contribution in [0.25, 0.3) is 0 Å². The van der Waals surface area contributed by atoms with Gasteiger partial charge in [0.2, 0.25) is 12.3 Å². The molecule has 1 N–H and O–H groups in total. The molecule has 0 aromatic carbocycles. The number of nitrogens with zero attached hydrogens (tertiary/aromatic N) is 1. The third kappa shape index (κ3) is 2.51. The number of piperidine rings is 1. The summed E-state index contributed by atoms with van der Waals surface area (Å²) in [4.78, 5) is 13.7. The van der Waals surface area contributed by atoms with Gasteiger partial charge in [0.05, 0.1) is 5.92 Å². The van der Waals surface area contributed by atoms with Crippen molar-refractivity contribution in [2.24, 2.45) is 11.8 Å². The average molecular weight is 232 g/mol. The Balaban J connectivity index is 1.81. The molecule has 0 aromatic rings. The Morgan fingerprint density at radius 1 is 1.25 bits per heavy atom. The average Bonchev–Trinajstić information content (AvgIpc) is 2.81. The summed E-state index contributed by atoms with van der Waals surface area (Å²) >= 11 is 0. The van der Waals surface area contributed by atoms with E-state index >= 15 is 0 Å². The number of hydrogen-bond donors (Lipinski definition) is 1. The van der Waals surface area contributed by atoms with Gasteiger partial charge in [0.25, 0.3) is 0 Å². The van der Waals surface area contributed by atoms with Gasteiger partial charge in [0, 0.05) is 25.6 Å². The maximum atomic E-state index is 12.4. The van der Waals surface area contributed by atoms with E-state index in [1.807, 2.05) is 0 Å². The quantitative estimate of drug-likeness (QED) is 0.773. The molecule has 2 aliphatic rings. The Kier molecular flexibility index (Phi) is 3.74. The van der Waals surface area contributed by atoms with Crippen LogP contribution in [0.15, 0.2) is 0 Å². The molecule has 0 radical (unpaired) electrons. The Bertz CT molecular complexity index is 246. The molecule has 0 unspecified atom stereocenters. The molecule has 1 atom stereocenters. The lowest BCUT2D eigenvalue weighted by Gasteiger charge is -2.33. The smallest absolute Gasteiger partial charge is 0.241 e. The number of likely N-dealkylation sites (tertiary alicyclic amines) is 1. The fourth-order valence-electron chi connectivity index (χ4n) is 2.50. The van der Waals surface area contributed by atoms with Gasteiger partial charge in [-0.05, 0) is 25.8 Å². The van der Waals surface area contributed by atoms with Crippen molar-refractivity contribution in [3.63, 3.8) is 0 Å². The fourth-order valence-corrected chi connectivity index (χ4v) is 2.50. The topological polar surface area (TPSA) is 32.3 Å². The van der Waals surface area contributed by atoms with Crippen molar-refractivity contribution in [1.29, 1.82) is 0 Å². The number of alkyl halides is 2. The van der Waals surface area contributed by atoms with Crippen molar-refractivity contribution in [3.8, 4) is 0 Å². The van der Waals surface area contributed by atoms with E-state index in [9.17, 15) is 13.6 Å². The summed E-state index contributed by atoms with van der Waals surface area (Å²) in [5.41, 5.74) is 0. The van der Waals surface area contributed by atoms with Crippen LogP contribution in [0.4, 0.5) is 8.78 Å². The predicted molar refractivity (Wildman–Crippen MR) is 56.3 cm³/mol. The molecule has 5 heteroatoms. The monoisotopic (exact) mass is 232 g/mol. The molecule has 92 valence electrons. The molecule has 1 amide bonds. The maximum Gasteiger partial charge on any atom is 0.241 e. The summed E-state index contributed by atoms with van der Waals surface area (Å²) in [7, 11) is 0. The lowest BCUT2D eigenvalue weighted by Crippen LogP contribution is -2.43. The second-order valence-electron chi connectivity index (χ2n) is 4.69. The molecule has 3 nitrogen and oxygen atoms in total. The highest BCUT2D eigenvalue weighted by molar-refractivity contribution is 5.79. The van der Waals surface area contributed by atoms with E-state index in [-0.39, 0.29) is 11.8 Å². The molecule has 2 fully saturated rings. The Morgan fingerprint density at radius 3 is 2.44 bits per heavy atom. The highest BCUT2D eigenvalue weighted by Gasteiger charge is 2.32. The molecule has 0 aromatic heterocycles. The number of halogens is 2. The van der Waals surface area contributed by atoms with Crippen LogP contribution in [0, 0.1) is 11.8 Å². The molecule has 0 aliphatic carbocycles. The van der Waals surface area contributed by atoms with Crippen molar-refractivity contribution in [2.75, 3.05) is 26.2 Å². The van der Waals surface area contributed by atoms with Crippen molar-refractivity contribution in [3.05, 3.63) is 0 Å². The highest BCUT2D eigenvalue weighted by Crippen LogP contribution is 2.25. The van der Waals surface area contributed by atoms with Gasteiger partial charge in [-0.25, -0.2) is 8.78 Å². The number of carbonyl (C=O) groups excluding carboxylic acids is 1. The van der Waals surface area contributed by atoms with Gasteiger partial charge in [0.15, 0.2) is 0 Å². The SMILES string of the molecule is O=C([C@H]1CCNC1)N1CCC(C(F)F)CC1.